The van der Waals surface area contributed by atoms with E-state index in [2.05, 4.69) is 10.3 Å². The van der Waals surface area contributed by atoms with E-state index in [4.69, 9.17) is 23.2 Å². The van der Waals surface area contributed by atoms with Gasteiger partial charge >= 0.3 is 0 Å². The van der Waals surface area contributed by atoms with E-state index in [-0.39, 0.29) is 0 Å². The van der Waals surface area contributed by atoms with Gasteiger partial charge in [-0.1, -0.05) is 42.5 Å². The summed E-state index contributed by atoms with van der Waals surface area (Å²) in [6, 6.07) is 5.98. The highest BCUT2D eigenvalue weighted by atomic mass is 35.5. The Bertz CT molecular complexity index is 630. The summed E-state index contributed by atoms with van der Waals surface area (Å²) in [7, 11) is 0. The van der Waals surface area contributed by atoms with Crippen LogP contribution in [0.4, 0.5) is 5.95 Å². The molecule has 0 saturated heterocycles. The van der Waals surface area contributed by atoms with E-state index in [1.54, 1.807) is 6.07 Å². The molecule has 0 aliphatic heterocycles. The lowest BCUT2D eigenvalue weighted by Crippen LogP contribution is -2.24. The van der Waals surface area contributed by atoms with Gasteiger partial charge in [-0.25, -0.2) is 4.98 Å². The van der Waals surface area contributed by atoms with Crippen molar-refractivity contribution in [3.8, 4) is 5.69 Å². The summed E-state index contributed by atoms with van der Waals surface area (Å²) in [6.07, 6.45) is 8.31. The molecule has 1 aliphatic rings. The first-order chi connectivity index (χ1) is 10.1. The van der Waals surface area contributed by atoms with Crippen molar-refractivity contribution in [2.45, 2.75) is 45.1 Å². The van der Waals surface area contributed by atoms with Crippen LogP contribution in [0.25, 0.3) is 5.69 Å². The zero-order valence-electron chi connectivity index (χ0n) is 12.1. The zero-order chi connectivity index (χ0) is 14.8. The molecule has 3 nitrogen and oxygen atoms in total. The molecule has 1 heterocycles. The summed E-state index contributed by atoms with van der Waals surface area (Å²) >= 11 is 12.4. The van der Waals surface area contributed by atoms with Crippen LogP contribution in [-0.2, 0) is 0 Å². The minimum atomic E-state index is 0.497. The van der Waals surface area contributed by atoms with Gasteiger partial charge in [-0.05, 0) is 38.0 Å². The zero-order valence-corrected chi connectivity index (χ0v) is 13.6. The fraction of sp³-hybridized carbons (Fsp3) is 0.438. The number of hydrogen-bond donors (Lipinski definition) is 1. The molecule has 0 spiro atoms. The molecule has 1 aromatic carbocycles. The molecule has 0 radical (unpaired) electrons. The molecular weight excluding hydrogens is 305 g/mol. The Morgan fingerprint density at radius 2 is 1.95 bits per heavy atom. The molecule has 1 aromatic heterocycles. The Morgan fingerprint density at radius 1 is 1.19 bits per heavy atom. The summed E-state index contributed by atoms with van der Waals surface area (Å²) in [6.45, 7) is 1.99. The fourth-order valence-electron chi connectivity index (χ4n) is 2.88. The first-order valence-corrected chi connectivity index (χ1v) is 8.17. The van der Waals surface area contributed by atoms with Crippen LogP contribution in [0.3, 0.4) is 0 Å². The summed E-state index contributed by atoms with van der Waals surface area (Å²) in [5.74, 6) is 0.851. The molecule has 1 aliphatic carbocycles. The maximum atomic E-state index is 6.32. The summed E-state index contributed by atoms with van der Waals surface area (Å²) in [5, 5.41) is 4.91. The average molecular weight is 324 g/mol. The van der Waals surface area contributed by atoms with Gasteiger partial charge in [-0.2, -0.15) is 0 Å². The normalized spacial score (nSPS) is 16.1. The Kier molecular flexibility index (Phi) is 4.41. The molecule has 1 N–H and O–H groups in total. The number of halogens is 2. The van der Waals surface area contributed by atoms with Crippen LogP contribution >= 0.6 is 23.2 Å². The lowest BCUT2D eigenvalue weighted by molar-refractivity contribution is 0.460. The number of aryl methyl sites for hydroxylation is 1. The second kappa shape index (κ2) is 6.29. The maximum absolute atomic E-state index is 6.32. The van der Waals surface area contributed by atoms with Gasteiger partial charge in [-0.15, -0.1) is 0 Å². The number of aromatic nitrogens is 2. The van der Waals surface area contributed by atoms with Crippen molar-refractivity contribution in [3.63, 3.8) is 0 Å². The van der Waals surface area contributed by atoms with Crippen molar-refractivity contribution in [3.05, 3.63) is 40.1 Å². The van der Waals surface area contributed by atoms with Crippen molar-refractivity contribution < 1.29 is 0 Å². The maximum Gasteiger partial charge on any atom is 0.208 e. The van der Waals surface area contributed by atoms with E-state index >= 15 is 0 Å². The Hall–Kier alpha value is -1.19. The van der Waals surface area contributed by atoms with E-state index in [0.717, 1.165) is 17.3 Å². The van der Waals surface area contributed by atoms with Gasteiger partial charge in [0, 0.05) is 17.3 Å². The second-order valence-electron chi connectivity index (χ2n) is 5.65. The first kappa shape index (κ1) is 14.7. The monoisotopic (exact) mass is 323 g/mol. The molecular formula is C16H19Cl2N3. The quantitative estimate of drug-likeness (QED) is 0.837. The Balaban J connectivity index is 1.93. The molecule has 0 atom stereocenters. The topological polar surface area (TPSA) is 29.9 Å². The number of nitrogens with one attached hydrogen (secondary N) is 1. The van der Waals surface area contributed by atoms with Gasteiger partial charge in [0.15, 0.2) is 0 Å². The van der Waals surface area contributed by atoms with Crippen LogP contribution in [0, 0.1) is 6.92 Å². The van der Waals surface area contributed by atoms with Gasteiger partial charge in [0.25, 0.3) is 0 Å². The third kappa shape index (κ3) is 3.35. The Labute approximate surface area is 135 Å². The van der Waals surface area contributed by atoms with Gasteiger partial charge < -0.3 is 5.32 Å². The second-order valence-corrected chi connectivity index (χ2v) is 6.49. The van der Waals surface area contributed by atoms with Gasteiger partial charge in [-0.3, -0.25) is 4.57 Å². The molecule has 112 valence electrons. The van der Waals surface area contributed by atoms with Gasteiger partial charge in [0.2, 0.25) is 5.95 Å². The van der Waals surface area contributed by atoms with Crippen LogP contribution in [0.5, 0.6) is 0 Å². The largest absolute Gasteiger partial charge is 0.353 e. The SMILES string of the molecule is Cc1cn(-c2cc(Cl)ccc2Cl)c(NC2CCCCC2)n1. The number of imidazole rings is 1. The highest BCUT2D eigenvalue weighted by molar-refractivity contribution is 6.34. The van der Waals surface area contributed by atoms with Crippen LogP contribution in [0.1, 0.15) is 37.8 Å². The van der Waals surface area contributed by atoms with Crippen molar-refractivity contribution >= 4 is 29.2 Å². The first-order valence-electron chi connectivity index (χ1n) is 7.41. The third-order valence-electron chi connectivity index (χ3n) is 3.93. The fourth-order valence-corrected chi connectivity index (χ4v) is 3.26. The number of nitrogens with zero attached hydrogens (tertiary/aromatic N) is 2. The van der Waals surface area contributed by atoms with E-state index in [1.807, 2.05) is 29.8 Å². The molecule has 2 aromatic rings. The lowest BCUT2D eigenvalue weighted by Gasteiger charge is -2.23. The average Bonchev–Trinajstić information content (AvgIpc) is 2.83. The van der Waals surface area contributed by atoms with Crippen LogP contribution < -0.4 is 5.32 Å². The molecule has 1 saturated carbocycles. The summed E-state index contributed by atoms with van der Waals surface area (Å²) in [5.41, 5.74) is 1.83. The predicted octanol–water partition coefficient (Wildman–Crippen LogP) is 5.23. The highest BCUT2D eigenvalue weighted by Crippen LogP contribution is 2.29. The van der Waals surface area contributed by atoms with Crippen LogP contribution in [0.2, 0.25) is 10.0 Å². The van der Waals surface area contributed by atoms with Gasteiger partial charge in [0.05, 0.1) is 16.4 Å². The van der Waals surface area contributed by atoms with E-state index in [1.165, 1.54) is 32.1 Å². The molecule has 21 heavy (non-hydrogen) atoms. The third-order valence-corrected chi connectivity index (χ3v) is 4.49. The molecule has 0 amide bonds. The number of hydrogen-bond acceptors (Lipinski definition) is 2. The standard InChI is InChI=1S/C16H19Cl2N3/c1-11-10-21(15-9-12(17)7-8-14(15)18)16(19-11)20-13-5-3-2-4-6-13/h7-10,13H,2-6H2,1H3,(H,19,20). The lowest BCUT2D eigenvalue weighted by atomic mass is 9.96. The van der Waals surface area contributed by atoms with Crippen LogP contribution in [0.15, 0.2) is 24.4 Å². The van der Waals surface area contributed by atoms with E-state index in [9.17, 15) is 0 Å². The van der Waals surface area contributed by atoms with Crippen molar-refractivity contribution in [1.82, 2.24) is 9.55 Å². The summed E-state index contributed by atoms with van der Waals surface area (Å²) < 4.78 is 2.00. The van der Waals surface area contributed by atoms with Crippen molar-refractivity contribution in [1.29, 1.82) is 0 Å². The van der Waals surface area contributed by atoms with E-state index < -0.39 is 0 Å². The smallest absolute Gasteiger partial charge is 0.208 e. The predicted molar refractivity (Wildman–Crippen MR) is 88.8 cm³/mol. The summed E-state index contributed by atoms with van der Waals surface area (Å²) in [4.78, 5) is 4.60. The van der Waals surface area contributed by atoms with Crippen molar-refractivity contribution in [2.75, 3.05) is 5.32 Å². The minimum absolute atomic E-state index is 0.497. The van der Waals surface area contributed by atoms with Gasteiger partial charge in [0.1, 0.15) is 0 Å². The number of rotatable bonds is 3. The van der Waals surface area contributed by atoms with Crippen molar-refractivity contribution in [2.24, 2.45) is 0 Å². The highest BCUT2D eigenvalue weighted by Gasteiger charge is 2.17. The van der Waals surface area contributed by atoms with Crippen LogP contribution in [-0.4, -0.2) is 15.6 Å². The Morgan fingerprint density at radius 3 is 2.71 bits per heavy atom. The number of benzene rings is 1. The molecule has 0 unspecified atom stereocenters. The van der Waals surface area contributed by atoms with E-state index in [0.29, 0.717) is 16.1 Å². The molecule has 5 heteroatoms. The minimum Gasteiger partial charge on any atom is -0.353 e. The number of anilines is 1. The molecule has 0 bridgehead atoms. The molecule has 1 fully saturated rings. The molecule has 3 rings (SSSR count).